The Labute approximate surface area is 96.6 Å². The third-order valence-corrected chi connectivity index (χ3v) is 1.84. The molecule has 0 aliphatic heterocycles. The van der Waals surface area contributed by atoms with E-state index in [0.29, 0.717) is 5.58 Å². The first kappa shape index (κ1) is 12.6. The van der Waals surface area contributed by atoms with Crippen LogP contribution < -0.4 is 5.73 Å². The maximum Gasteiger partial charge on any atom is 0.404 e. The number of nitrogens with two attached hydrogens (primary N) is 1. The fraction of sp³-hybridized carbons (Fsp3) is 0.0909. The Morgan fingerprint density at radius 3 is 2.41 bits per heavy atom. The molecule has 1 amide bonds. The molecule has 1 aromatic carbocycles. The lowest BCUT2D eigenvalue weighted by Crippen LogP contribution is -2.08. The summed E-state index contributed by atoms with van der Waals surface area (Å²) in [5.41, 5.74) is 5.04. The van der Waals surface area contributed by atoms with E-state index in [-0.39, 0.29) is 5.76 Å². The number of carboxylic acids is 1. The highest BCUT2D eigenvalue weighted by molar-refractivity contribution is 5.91. The summed E-state index contributed by atoms with van der Waals surface area (Å²) in [6.45, 7) is 0. The number of ether oxygens (including phenoxy) is 1. The van der Waals surface area contributed by atoms with Gasteiger partial charge in [0.05, 0.1) is 7.11 Å². The predicted molar refractivity (Wildman–Crippen MR) is 59.8 cm³/mol. The number of fused-ring (bicyclic) bond motifs is 1. The minimum atomic E-state index is -1.04. The molecule has 0 saturated carbocycles. The number of rotatable bonds is 1. The second-order valence-electron chi connectivity index (χ2n) is 2.98. The Hall–Kier alpha value is -2.50. The number of aromatic carboxylic acids is 1. The van der Waals surface area contributed by atoms with Crippen LogP contribution in [0.2, 0.25) is 0 Å². The average Bonchev–Trinajstić information content (AvgIpc) is 2.73. The van der Waals surface area contributed by atoms with E-state index in [2.05, 4.69) is 10.5 Å². The Bertz CT molecular complexity index is 498. The van der Waals surface area contributed by atoms with E-state index in [1.807, 2.05) is 12.1 Å². The van der Waals surface area contributed by atoms with Crippen LogP contribution in [0.5, 0.6) is 0 Å². The summed E-state index contributed by atoms with van der Waals surface area (Å²) in [4.78, 5) is 19.8. The number of amides is 1. The molecular formula is C11H11NO5. The van der Waals surface area contributed by atoms with E-state index in [4.69, 9.17) is 9.52 Å². The van der Waals surface area contributed by atoms with Crippen molar-refractivity contribution in [3.05, 3.63) is 36.1 Å². The number of carbonyl (C=O) groups is 2. The second kappa shape index (κ2) is 5.55. The number of furan rings is 1. The average molecular weight is 237 g/mol. The Morgan fingerprint density at radius 2 is 1.94 bits per heavy atom. The number of hydrogen-bond acceptors (Lipinski definition) is 4. The van der Waals surface area contributed by atoms with Gasteiger partial charge in [-0.3, -0.25) is 0 Å². The zero-order chi connectivity index (χ0) is 12.8. The van der Waals surface area contributed by atoms with Crippen molar-refractivity contribution in [3.63, 3.8) is 0 Å². The summed E-state index contributed by atoms with van der Waals surface area (Å²) in [7, 11) is 1.22. The molecule has 0 fully saturated rings. The van der Waals surface area contributed by atoms with Crippen molar-refractivity contribution >= 4 is 23.0 Å². The summed E-state index contributed by atoms with van der Waals surface area (Å²) in [5.74, 6) is -1.05. The van der Waals surface area contributed by atoms with Gasteiger partial charge in [-0.05, 0) is 12.1 Å². The SMILES string of the molecule is COC(N)=O.O=C(O)c1cc2ccccc2o1. The van der Waals surface area contributed by atoms with Crippen LogP contribution in [0, 0.1) is 0 Å². The van der Waals surface area contributed by atoms with Gasteiger partial charge in [-0.2, -0.15) is 0 Å². The third-order valence-electron chi connectivity index (χ3n) is 1.84. The summed E-state index contributed by atoms with van der Waals surface area (Å²) in [5, 5.41) is 9.41. The van der Waals surface area contributed by atoms with E-state index in [1.54, 1.807) is 12.1 Å². The minimum absolute atomic E-state index is 0.0174. The summed E-state index contributed by atoms with van der Waals surface area (Å²) >= 11 is 0. The fourth-order valence-corrected chi connectivity index (χ4v) is 1.09. The van der Waals surface area contributed by atoms with Gasteiger partial charge >= 0.3 is 12.1 Å². The number of carbonyl (C=O) groups excluding carboxylic acids is 1. The van der Waals surface area contributed by atoms with E-state index in [1.165, 1.54) is 13.2 Å². The van der Waals surface area contributed by atoms with E-state index >= 15 is 0 Å². The molecule has 90 valence electrons. The molecule has 0 atom stereocenters. The first-order valence-corrected chi connectivity index (χ1v) is 4.60. The smallest absolute Gasteiger partial charge is 0.404 e. The van der Waals surface area contributed by atoms with Crippen molar-refractivity contribution in [1.82, 2.24) is 0 Å². The molecule has 0 spiro atoms. The lowest BCUT2D eigenvalue weighted by atomic mass is 10.2. The Balaban J connectivity index is 0.000000249. The number of methoxy groups -OCH3 is 1. The van der Waals surface area contributed by atoms with Crippen molar-refractivity contribution < 1.29 is 23.8 Å². The van der Waals surface area contributed by atoms with Gasteiger partial charge < -0.3 is 20.0 Å². The standard InChI is InChI=1S/C9H6O3.C2H5NO2/c10-9(11)8-5-6-3-1-2-4-7(6)12-8;1-5-2(3)4/h1-5H,(H,10,11);1H3,(H2,3,4). The lowest BCUT2D eigenvalue weighted by molar-refractivity contribution is 0.0665. The highest BCUT2D eigenvalue weighted by Gasteiger charge is 2.08. The molecule has 0 aliphatic carbocycles. The number of benzene rings is 1. The largest absolute Gasteiger partial charge is 0.475 e. The van der Waals surface area contributed by atoms with Crippen LogP contribution >= 0.6 is 0 Å². The molecular weight excluding hydrogens is 226 g/mol. The van der Waals surface area contributed by atoms with Gasteiger partial charge in [-0.15, -0.1) is 0 Å². The van der Waals surface area contributed by atoms with Crippen LogP contribution in [0.25, 0.3) is 11.0 Å². The number of hydrogen-bond donors (Lipinski definition) is 2. The molecule has 1 aromatic heterocycles. The maximum absolute atomic E-state index is 10.5. The first-order valence-electron chi connectivity index (χ1n) is 4.60. The van der Waals surface area contributed by atoms with Crippen molar-refractivity contribution in [3.8, 4) is 0 Å². The third kappa shape index (κ3) is 3.53. The van der Waals surface area contributed by atoms with Crippen LogP contribution in [0.1, 0.15) is 10.6 Å². The monoisotopic (exact) mass is 237 g/mol. The lowest BCUT2D eigenvalue weighted by Gasteiger charge is -1.83. The minimum Gasteiger partial charge on any atom is -0.475 e. The highest BCUT2D eigenvalue weighted by atomic mass is 16.5. The van der Waals surface area contributed by atoms with Crippen LogP contribution in [0.15, 0.2) is 34.7 Å². The molecule has 0 bridgehead atoms. The molecule has 17 heavy (non-hydrogen) atoms. The molecule has 6 nitrogen and oxygen atoms in total. The molecule has 6 heteroatoms. The molecule has 0 radical (unpaired) electrons. The predicted octanol–water partition coefficient (Wildman–Crippen LogP) is 1.84. The topological polar surface area (TPSA) is 103 Å². The van der Waals surface area contributed by atoms with Crippen LogP contribution in [-0.4, -0.2) is 24.3 Å². The van der Waals surface area contributed by atoms with Gasteiger partial charge in [0.2, 0.25) is 5.76 Å². The Kier molecular flexibility index (Phi) is 4.10. The first-order chi connectivity index (χ1) is 8.04. The molecule has 1 heterocycles. The van der Waals surface area contributed by atoms with E-state index in [0.717, 1.165) is 5.39 Å². The zero-order valence-corrected chi connectivity index (χ0v) is 9.04. The number of primary amides is 1. The maximum atomic E-state index is 10.5. The van der Waals surface area contributed by atoms with Gasteiger partial charge in [0, 0.05) is 5.39 Å². The Morgan fingerprint density at radius 1 is 1.35 bits per heavy atom. The highest BCUT2D eigenvalue weighted by Crippen LogP contribution is 2.18. The molecule has 0 saturated heterocycles. The number of para-hydroxylation sites is 1. The fourth-order valence-electron chi connectivity index (χ4n) is 1.09. The van der Waals surface area contributed by atoms with Crippen LogP contribution in [0.3, 0.4) is 0 Å². The van der Waals surface area contributed by atoms with Gasteiger partial charge in [-0.1, -0.05) is 18.2 Å². The van der Waals surface area contributed by atoms with E-state index < -0.39 is 12.1 Å². The van der Waals surface area contributed by atoms with Gasteiger partial charge in [0.1, 0.15) is 5.58 Å². The van der Waals surface area contributed by atoms with Crippen molar-refractivity contribution in [2.75, 3.05) is 7.11 Å². The second-order valence-corrected chi connectivity index (χ2v) is 2.98. The summed E-state index contributed by atoms with van der Waals surface area (Å²) < 4.78 is 8.92. The van der Waals surface area contributed by atoms with Gasteiger partial charge in [0.25, 0.3) is 0 Å². The molecule has 3 N–H and O–H groups in total. The van der Waals surface area contributed by atoms with Crippen LogP contribution in [0.4, 0.5) is 4.79 Å². The van der Waals surface area contributed by atoms with Gasteiger partial charge in [-0.25, -0.2) is 9.59 Å². The van der Waals surface area contributed by atoms with Crippen molar-refractivity contribution in [1.29, 1.82) is 0 Å². The normalized spacial score (nSPS) is 9.24. The van der Waals surface area contributed by atoms with Crippen LogP contribution in [-0.2, 0) is 4.74 Å². The van der Waals surface area contributed by atoms with E-state index in [9.17, 15) is 9.59 Å². The molecule has 2 rings (SSSR count). The zero-order valence-electron chi connectivity index (χ0n) is 9.04. The van der Waals surface area contributed by atoms with Gasteiger partial charge in [0.15, 0.2) is 0 Å². The van der Waals surface area contributed by atoms with Crippen molar-refractivity contribution in [2.45, 2.75) is 0 Å². The molecule has 0 aliphatic rings. The molecule has 0 unspecified atom stereocenters. The van der Waals surface area contributed by atoms with Crippen molar-refractivity contribution in [2.24, 2.45) is 5.73 Å². The molecule has 2 aromatic rings. The quantitative estimate of drug-likeness (QED) is 0.787. The number of carboxylic acid groups (broad SMARTS) is 1. The summed E-state index contributed by atoms with van der Waals surface area (Å²) in [6, 6.07) is 8.70. The summed E-state index contributed by atoms with van der Waals surface area (Å²) in [6.07, 6.45) is -0.745.